The number of rotatable bonds is 6. The number of hydrogen-bond acceptors (Lipinski definition) is 4. The summed E-state index contributed by atoms with van der Waals surface area (Å²) < 4.78 is 1.92. The minimum absolute atomic E-state index is 0.159. The molecule has 0 aliphatic heterocycles. The lowest BCUT2D eigenvalue weighted by Gasteiger charge is -2.16. The molecule has 0 amide bonds. The van der Waals surface area contributed by atoms with E-state index >= 15 is 0 Å². The summed E-state index contributed by atoms with van der Waals surface area (Å²) in [7, 11) is 1.97. The van der Waals surface area contributed by atoms with E-state index in [9.17, 15) is 0 Å². The van der Waals surface area contributed by atoms with Crippen molar-refractivity contribution in [3.8, 4) is 0 Å². The molecule has 0 saturated carbocycles. The van der Waals surface area contributed by atoms with Crippen molar-refractivity contribution in [3.05, 3.63) is 46.5 Å². The van der Waals surface area contributed by atoms with Crippen LogP contribution in [-0.2, 0) is 26.3 Å². The molecule has 5 heteroatoms. The van der Waals surface area contributed by atoms with E-state index in [1.165, 1.54) is 16.8 Å². The van der Waals surface area contributed by atoms with Crippen LogP contribution in [0.1, 0.15) is 35.1 Å². The maximum Gasteiger partial charge on any atom is 0.0628 e. The molecule has 0 radical (unpaired) electrons. The van der Waals surface area contributed by atoms with E-state index in [4.69, 9.17) is 5.84 Å². The molecule has 0 aliphatic rings. The average molecular weight is 287 g/mol. The molecule has 0 aliphatic carbocycles. The van der Waals surface area contributed by atoms with E-state index in [1.807, 2.05) is 24.9 Å². The van der Waals surface area contributed by atoms with Crippen LogP contribution in [0.25, 0.3) is 0 Å². The second-order valence-corrected chi connectivity index (χ2v) is 5.56. The molecule has 5 nitrogen and oxygen atoms in total. The topological polar surface area (TPSA) is 68.8 Å². The molecule has 114 valence electrons. The van der Waals surface area contributed by atoms with Gasteiger partial charge in [0, 0.05) is 37.1 Å². The molecular weight excluding hydrogens is 262 g/mol. The third-order valence-corrected chi connectivity index (χ3v) is 4.09. The first-order valence-corrected chi connectivity index (χ1v) is 7.44. The predicted molar refractivity (Wildman–Crippen MR) is 84.8 cm³/mol. The van der Waals surface area contributed by atoms with Gasteiger partial charge in [-0.05, 0) is 43.9 Å². The first kappa shape index (κ1) is 15.7. The van der Waals surface area contributed by atoms with Crippen LogP contribution in [0.15, 0.2) is 18.3 Å². The zero-order chi connectivity index (χ0) is 15.4. The Balaban J connectivity index is 2.09. The Bertz CT molecular complexity index is 585. The Morgan fingerprint density at radius 3 is 2.52 bits per heavy atom. The van der Waals surface area contributed by atoms with Crippen LogP contribution in [0, 0.1) is 13.8 Å². The number of nitrogens with one attached hydrogen (secondary N) is 1. The van der Waals surface area contributed by atoms with Crippen LogP contribution in [0.4, 0.5) is 0 Å². The van der Waals surface area contributed by atoms with Crippen molar-refractivity contribution in [2.45, 2.75) is 46.1 Å². The van der Waals surface area contributed by atoms with Crippen molar-refractivity contribution in [2.24, 2.45) is 12.9 Å². The largest absolute Gasteiger partial charge is 0.272 e. The van der Waals surface area contributed by atoms with E-state index < -0.39 is 0 Å². The number of aromatic nitrogens is 3. The Labute approximate surface area is 126 Å². The summed E-state index contributed by atoms with van der Waals surface area (Å²) in [5, 5.41) is 4.46. The van der Waals surface area contributed by atoms with Gasteiger partial charge in [-0.1, -0.05) is 13.0 Å². The van der Waals surface area contributed by atoms with Crippen molar-refractivity contribution in [2.75, 3.05) is 0 Å². The summed E-state index contributed by atoms with van der Waals surface area (Å²) in [5.41, 5.74) is 8.78. The van der Waals surface area contributed by atoms with Crippen LogP contribution in [-0.4, -0.2) is 20.8 Å². The summed E-state index contributed by atoms with van der Waals surface area (Å²) in [5.74, 6) is 5.73. The van der Waals surface area contributed by atoms with E-state index in [2.05, 4.69) is 41.5 Å². The Morgan fingerprint density at radius 2 is 2.05 bits per heavy atom. The van der Waals surface area contributed by atoms with Crippen LogP contribution in [0.3, 0.4) is 0 Å². The predicted octanol–water partition coefficient (Wildman–Crippen LogP) is 1.61. The third-order valence-electron chi connectivity index (χ3n) is 4.09. The molecule has 1 atom stereocenters. The molecule has 3 N–H and O–H groups in total. The van der Waals surface area contributed by atoms with Crippen LogP contribution < -0.4 is 11.3 Å². The van der Waals surface area contributed by atoms with Gasteiger partial charge >= 0.3 is 0 Å². The first-order valence-electron chi connectivity index (χ1n) is 7.44. The van der Waals surface area contributed by atoms with Gasteiger partial charge in [-0.15, -0.1) is 0 Å². The van der Waals surface area contributed by atoms with Crippen molar-refractivity contribution in [1.82, 2.24) is 20.2 Å². The summed E-state index contributed by atoms with van der Waals surface area (Å²) >= 11 is 0. The number of hydrazine groups is 1. The maximum atomic E-state index is 5.73. The van der Waals surface area contributed by atoms with Crippen molar-refractivity contribution >= 4 is 0 Å². The fraction of sp³-hybridized carbons (Fsp3) is 0.500. The lowest BCUT2D eigenvalue weighted by atomic mass is 10.0. The second kappa shape index (κ2) is 6.83. The van der Waals surface area contributed by atoms with Gasteiger partial charge in [0.2, 0.25) is 0 Å². The number of hydrogen-bond donors (Lipinski definition) is 2. The smallest absolute Gasteiger partial charge is 0.0628 e. The summed E-state index contributed by atoms with van der Waals surface area (Å²) in [6.45, 7) is 6.27. The van der Waals surface area contributed by atoms with E-state index in [-0.39, 0.29) is 6.04 Å². The molecule has 0 fully saturated rings. The minimum Gasteiger partial charge on any atom is -0.272 e. The van der Waals surface area contributed by atoms with E-state index in [0.717, 1.165) is 30.7 Å². The molecule has 0 bridgehead atoms. The summed E-state index contributed by atoms with van der Waals surface area (Å²) in [6.07, 6.45) is 4.64. The molecule has 2 heterocycles. The van der Waals surface area contributed by atoms with Gasteiger partial charge in [0.25, 0.3) is 0 Å². The summed E-state index contributed by atoms with van der Waals surface area (Å²) in [6, 6.07) is 4.38. The Kier molecular flexibility index (Phi) is 5.09. The molecule has 2 aromatic rings. The van der Waals surface area contributed by atoms with Gasteiger partial charge in [-0.2, -0.15) is 5.10 Å². The van der Waals surface area contributed by atoms with Crippen LogP contribution in [0.2, 0.25) is 0 Å². The number of pyridine rings is 1. The maximum absolute atomic E-state index is 5.73. The standard InChI is InChI=1S/C16H25N5/c1-5-13-6-7-14(18-10-13)8-15(19-17)9-16-11(2)20-21(4)12(16)3/h6-7,10,15,19H,5,8-9,17H2,1-4H3. The lowest BCUT2D eigenvalue weighted by molar-refractivity contribution is 0.515. The van der Waals surface area contributed by atoms with Crippen molar-refractivity contribution in [1.29, 1.82) is 0 Å². The highest BCUT2D eigenvalue weighted by Gasteiger charge is 2.16. The molecule has 2 rings (SSSR count). The highest BCUT2D eigenvalue weighted by atomic mass is 15.3. The summed E-state index contributed by atoms with van der Waals surface area (Å²) in [4.78, 5) is 4.51. The van der Waals surface area contributed by atoms with E-state index in [0.29, 0.717) is 0 Å². The highest BCUT2D eigenvalue weighted by molar-refractivity contribution is 5.26. The normalized spacial score (nSPS) is 12.6. The van der Waals surface area contributed by atoms with Gasteiger partial charge < -0.3 is 0 Å². The molecule has 0 spiro atoms. The third kappa shape index (κ3) is 3.68. The minimum atomic E-state index is 0.159. The van der Waals surface area contributed by atoms with Gasteiger partial charge in [-0.3, -0.25) is 20.9 Å². The molecule has 0 aromatic carbocycles. The quantitative estimate of drug-likeness (QED) is 0.625. The zero-order valence-electron chi connectivity index (χ0n) is 13.3. The first-order chi connectivity index (χ1) is 10.0. The molecule has 0 saturated heterocycles. The van der Waals surface area contributed by atoms with Gasteiger partial charge in [0.1, 0.15) is 0 Å². The van der Waals surface area contributed by atoms with Gasteiger partial charge in [0.15, 0.2) is 0 Å². The Morgan fingerprint density at radius 1 is 1.29 bits per heavy atom. The highest BCUT2D eigenvalue weighted by Crippen LogP contribution is 2.15. The monoisotopic (exact) mass is 287 g/mol. The number of aryl methyl sites for hydroxylation is 3. The number of nitrogens with two attached hydrogens (primary N) is 1. The van der Waals surface area contributed by atoms with Gasteiger partial charge in [0.05, 0.1) is 5.69 Å². The van der Waals surface area contributed by atoms with Crippen molar-refractivity contribution < 1.29 is 0 Å². The zero-order valence-corrected chi connectivity index (χ0v) is 13.3. The lowest BCUT2D eigenvalue weighted by Crippen LogP contribution is -2.38. The second-order valence-electron chi connectivity index (χ2n) is 5.56. The molecule has 1 unspecified atom stereocenters. The van der Waals surface area contributed by atoms with Crippen LogP contribution >= 0.6 is 0 Å². The van der Waals surface area contributed by atoms with E-state index in [1.54, 1.807) is 0 Å². The van der Waals surface area contributed by atoms with Crippen molar-refractivity contribution in [3.63, 3.8) is 0 Å². The van der Waals surface area contributed by atoms with Gasteiger partial charge in [-0.25, -0.2) is 0 Å². The fourth-order valence-electron chi connectivity index (χ4n) is 2.59. The fourth-order valence-corrected chi connectivity index (χ4v) is 2.59. The van der Waals surface area contributed by atoms with Crippen LogP contribution in [0.5, 0.6) is 0 Å². The molecular formula is C16H25N5. The molecule has 21 heavy (non-hydrogen) atoms. The SMILES string of the molecule is CCc1ccc(CC(Cc2c(C)nn(C)c2C)NN)nc1. The Hall–Kier alpha value is -1.72. The number of nitrogens with zero attached hydrogens (tertiary/aromatic N) is 3. The average Bonchev–Trinajstić information content (AvgIpc) is 2.73. The molecule has 2 aromatic heterocycles.